The van der Waals surface area contributed by atoms with Gasteiger partial charge in [0.15, 0.2) is 9.84 Å². The van der Waals surface area contributed by atoms with Crippen LogP contribution < -0.4 is 5.73 Å². The Hall–Kier alpha value is -0.910. The van der Waals surface area contributed by atoms with Gasteiger partial charge >= 0.3 is 0 Å². The Morgan fingerprint density at radius 1 is 1.40 bits per heavy atom. The normalized spacial score (nSPS) is 23.1. The molecule has 1 aliphatic heterocycles. The summed E-state index contributed by atoms with van der Waals surface area (Å²) in [4.78, 5) is 2.15. The summed E-state index contributed by atoms with van der Waals surface area (Å²) in [5.41, 5.74) is 9.59. The van der Waals surface area contributed by atoms with Crippen LogP contribution in [0.25, 0.3) is 0 Å². The molecule has 0 amide bonds. The average Bonchev–Trinajstić information content (AvgIpc) is 2.75. The van der Waals surface area contributed by atoms with Crippen LogP contribution in [-0.2, 0) is 9.84 Å². The Bertz CT molecular complexity index is 584. The third-order valence-corrected chi connectivity index (χ3v) is 6.04. The van der Waals surface area contributed by atoms with Crippen molar-refractivity contribution in [2.45, 2.75) is 32.4 Å². The number of sulfone groups is 1. The number of nitrogens with two attached hydrogens (primary N) is 1. The van der Waals surface area contributed by atoms with Gasteiger partial charge in [0.25, 0.3) is 0 Å². The maximum Gasteiger partial charge on any atom is 0.151 e. The first kappa shape index (κ1) is 15.5. The second-order valence-corrected chi connectivity index (χ2v) is 8.06. The summed E-state index contributed by atoms with van der Waals surface area (Å²) >= 11 is 0. The average molecular weight is 296 g/mol. The Balaban J connectivity index is 2.26. The van der Waals surface area contributed by atoms with Crippen molar-refractivity contribution in [1.82, 2.24) is 4.90 Å². The number of aryl methyl sites for hydroxylation is 2. The van der Waals surface area contributed by atoms with E-state index in [2.05, 4.69) is 36.9 Å². The molecule has 0 radical (unpaired) electrons. The van der Waals surface area contributed by atoms with E-state index in [1.165, 1.54) is 16.7 Å². The molecular formula is C15H24N2O2S. The molecule has 1 aliphatic rings. The first-order valence-corrected chi connectivity index (χ1v) is 8.86. The lowest BCUT2D eigenvalue weighted by Crippen LogP contribution is -2.39. The van der Waals surface area contributed by atoms with Gasteiger partial charge in [-0.15, -0.1) is 0 Å². The fraction of sp³-hybridized carbons (Fsp3) is 0.600. The molecule has 1 saturated heterocycles. The number of benzene rings is 1. The van der Waals surface area contributed by atoms with Gasteiger partial charge in [0, 0.05) is 18.6 Å². The van der Waals surface area contributed by atoms with Gasteiger partial charge in [-0.2, -0.15) is 0 Å². The van der Waals surface area contributed by atoms with E-state index in [9.17, 15) is 8.42 Å². The van der Waals surface area contributed by atoms with Crippen molar-refractivity contribution in [3.05, 3.63) is 34.9 Å². The molecule has 2 atom stereocenters. The summed E-state index contributed by atoms with van der Waals surface area (Å²) in [6.45, 7) is 4.64. The molecule has 1 fully saturated rings. The number of nitrogens with zero attached hydrogens (tertiary/aromatic N) is 1. The van der Waals surface area contributed by atoms with E-state index >= 15 is 0 Å². The van der Waals surface area contributed by atoms with Crippen molar-refractivity contribution in [3.8, 4) is 0 Å². The maximum atomic E-state index is 11.7. The van der Waals surface area contributed by atoms with Gasteiger partial charge in [0.2, 0.25) is 0 Å². The molecule has 0 bridgehead atoms. The standard InChI is InChI=1S/C15H24N2O2S/c1-11-4-5-12(2)14(8-11)15(9-16)17(3)13-6-7-20(18,19)10-13/h4-5,8,13,15H,6-7,9-10,16H2,1-3H3. The molecule has 2 rings (SSSR count). The topological polar surface area (TPSA) is 63.4 Å². The molecule has 112 valence electrons. The fourth-order valence-electron chi connectivity index (χ4n) is 2.98. The lowest BCUT2D eigenvalue weighted by molar-refractivity contribution is 0.192. The van der Waals surface area contributed by atoms with Gasteiger partial charge in [-0.1, -0.05) is 23.8 Å². The van der Waals surface area contributed by atoms with E-state index in [0.717, 1.165) is 0 Å². The highest BCUT2D eigenvalue weighted by molar-refractivity contribution is 7.91. The van der Waals surface area contributed by atoms with Crippen LogP contribution in [0.1, 0.15) is 29.2 Å². The van der Waals surface area contributed by atoms with Crippen molar-refractivity contribution in [2.24, 2.45) is 5.73 Å². The van der Waals surface area contributed by atoms with Crippen molar-refractivity contribution in [1.29, 1.82) is 0 Å². The van der Waals surface area contributed by atoms with Crippen LogP contribution in [0.15, 0.2) is 18.2 Å². The summed E-state index contributed by atoms with van der Waals surface area (Å²) in [6, 6.07) is 6.51. The zero-order valence-corrected chi connectivity index (χ0v) is 13.3. The predicted octanol–water partition coefficient (Wildman–Crippen LogP) is 1.42. The Kier molecular flexibility index (Phi) is 4.52. The van der Waals surface area contributed by atoms with Crippen molar-refractivity contribution in [3.63, 3.8) is 0 Å². The van der Waals surface area contributed by atoms with Gasteiger partial charge in [0.05, 0.1) is 11.5 Å². The van der Waals surface area contributed by atoms with E-state index in [0.29, 0.717) is 18.7 Å². The summed E-state index contributed by atoms with van der Waals surface area (Å²) < 4.78 is 23.3. The van der Waals surface area contributed by atoms with Crippen LogP contribution in [0.2, 0.25) is 0 Å². The van der Waals surface area contributed by atoms with Gasteiger partial charge in [-0.05, 0) is 38.4 Å². The number of hydrogen-bond acceptors (Lipinski definition) is 4. The first-order chi connectivity index (χ1) is 9.34. The monoisotopic (exact) mass is 296 g/mol. The molecule has 0 aromatic heterocycles. The molecule has 1 heterocycles. The van der Waals surface area contributed by atoms with Crippen LogP contribution in [0.5, 0.6) is 0 Å². The lowest BCUT2D eigenvalue weighted by atomic mass is 9.97. The molecule has 2 N–H and O–H groups in total. The Morgan fingerprint density at radius 3 is 2.65 bits per heavy atom. The second-order valence-electron chi connectivity index (χ2n) is 5.83. The smallest absolute Gasteiger partial charge is 0.151 e. The van der Waals surface area contributed by atoms with E-state index < -0.39 is 9.84 Å². The molecule has 0 spiro atoms. The van der Waals surface area contributed by atoms with E-state index in [1.807, 2.05) is 7.05 Å². The second kappa shape index (κ2) is 5.84. The number of hydrogen-bond donors (Lipinski definition) is 1. The summed E-state index contributed by atoms with van der Waals surface area (Å²) in [5.74, 6) is 0.553. The molecule has 0 saturated carbocycles. The van der Waals surface area contributed by atoms with Crippen molar-refractivity contribution >= 4 is 9.84 Å². The van der Waals surface area contributed by atoms with Gasteiger partial charge in [0.1, 0.15) is 0 Å². The van der Waals surface area contributed by atoms with Crippen molar-refractivity contribution < 1.29 is 8.42 Å². The first-order valence-electron chi connectivity index (χ1n) is 7.03. The lowest BCUT2D eigenvalue weighted by Gasteiger charge is -2.33. The zero-order valence-electron chi connectivity index (χ0n) is 12.5. The van der Waals surface area contributed by atoms with E-state index in [1.54, 1.807) is 0 Å². The molecule has 4 nitrogen and oxygen atoms in total. The summed E-state index contributed by atoms with van der Waals surface area (Å²) in [7, 11) is -0.874. The van der Waals surface area contributed by atoms with E-state index in [-0.39, 0.29) is 17.8 Å². The minimum Gasteiger partial charge on any atom is -0.329 e. The fourth-order valence-corrected chi connectivity index (χ4v) is 4.77. The van der Waals surface area contributed by atoms with Crippen LogP contribution in [0.3, 0.4) is 0 Å². The zero-order chi connectivity index (χ0) is 14.9. The molecule has 0 aliphatic carbocycles. The summed E-state index contributed by atoms with van der Waals surface area (Å²) in [6.07, 6.45) is 0.709. The van der Waals surface area contributed by atoms with Crippen LogP contribution >= 0.6 is 0 Å². The van der Waals surface area contributed by atoms with Crippen LogP contribution in [0, 0.1) is 13.8 Å². The van der Waals surface area contributed by atoms with Gasteiger partial charge in [-0.3, -0.25) is 4.90 Å². The molecule has 5 heteroatoms. The molecule has 1 aromatic carbocycles. The highest BCUT2D eigenvalue weighted by Gasteiger charge is 2.33. The Labute approximate surface area is 121 Å². The third kappa shape index (κ3) is 3.22. The SMILES string of the molecule is Cc1ccc(C)c(C(CN)N(C)C2CCS(=O)(=O)C2)c1. The predicted molar refractivity (Wildman–Crippen MR) is 82.5 cm³/mol. The summed E-state index contributed by atoms with van der Waals surface area (Å²) in [5, 5.41) is 0. The van der Waals surface area contributed by atoms with Crippen LogP contribution in [0.4, 0.5) is 0 Å². The highest BCUT2D eigenvalue weighted by atomic mass is 32.2. The highest BCUT2D eigenvalue weighted by Crippen LogP contribution is 2.28. The van der Waals surface area contributed by atoms with E-state index in [4.69, 9.17) is 5.73 Å². The largest absolute Gasteiger partial charge is 0.329 e. The molecule has 2 unspecified atom stereocenters. The molecule has 1 aromatic rings. The minimum absolute atomic E-state index is 0.0770. The van der Waals surface area contributed by atoms with Crippen molar-refractivity contribution in [2.75, 3.05) is 25.1 Å². The molecular weight excluding hydrogens is 272 g/mol. The quantitative estimate of drug-likeness (QED) is 0.913. The third-order valence-electron chi connectivity index (χ3n) is 4.29. The number of rotatable bonds is 4. The number of likely N-dealkylation sites (N-methyl/N-ethyl adjacent to an activating group) is 1. The maximum absolute atomic E-state index is 11.7. The Morgan fingerprint density at radius 2 is 2.10 bits per heavy atom. The van der Waals surface area contributed by atoms with Gasteiger partial charge in [-0.25, -0.2) is 8.42 Å². The van der Waals surface area contributed by atoms with Gasteiger partial charge < -0.3 is 5.73 Å². The molecule has 20 heavy (non-hydrogen) atoms. The van der Waals surface area contributed by atoms with Crippen LogP contribution in [-0.4, -0.2) is 44.5 Å². The minimum atomic E-state index is -2.87.